The SMILES string of the molecule is CCCCCCCCCCCOC(=O)C[n+]1cccc(C(=O)Nc2ccccc2)c1. The number of para-hydroxylation sites is 1. The van der Waals surface area contributed by atoms with Gasteiger partial charge in [-0.2, -0.15) is 4.57 Å². The van der Waals surface area contributed by atoms with Crippen LogP contribution in [0.5, 0.6) is 0 Å². The second kappa shape index (κ2) is 14.3. The Morgan fingerprint density at radius 3 is 2.23 bits per heavy atom. The zero-order valence-electron chi connectivity index (χ0n) is 18.1. The molecule has 5 heteroatoms. The van der Waals surface area contributed by atoms with Crippen LogP contribution in [-0.2, 0) is 16.1 Å². The molecule has 0 aliphatic heterocycles. The number of hydrogen-bond acceptors (Lipinski definition) is 3. The smallest absolute Gasteiger partial charge is 0.372 e. The fourth-order valence-corrected chi connectivity index (χ4v) is 3.27. The van der Waals surface area contributed by atoms with Crippen LogP contribution in [0.2, 0.25) is 0 Å². The number of benzene rings is 1. The fraction of sp³-hybridized carbons (Fsp3) is 0.480. The van der Waals surface area contributed by atoms with Gasteiger partial charge in [-0.1, -0.05) is 76.5 Å². The Hall–Kier alpha value is -2.69. The molecule has 0 aliphatic carbocycles. The molecule has 1 aromatic heterocycles. The van der Waals surface area contributed by atoms with Crippen LogP contribution >= 0.6 is 0 Å². The van der Waals surface area contributed by atoms with E-state index in [2.05, 4.69) is 12.2 Å². The molecule has 0 spiro atoms. The van der Waals surface area contributed by atoms with Gasteiger partial charge < -0.3 is 10.1 Å². The van der Waals surface area contributed by atoms with Gasteiger partial charge >= 0.3 is 5.97 Å². The predicted octanol–water partition coefficient (Wildman–Crippen LogP) is 5.30. The molecular formula is C25H35N2O3+. The summed E-state index contributed by atoms with van der Waals surface area (Å²) in [6.07, 6.45) is 14.5. The van der Waals surface area contributed by atoms with Crippen LogP contribution in [0.25, 0.3) is 0 Å². The Morgan fingerprint density at radius 1 is 0.867 bits per heavy atom. The number of amides is 1. The highest BCUT2D eigenvalue weighted by atomic mass is 16.5. The van der Waals surface area contributed by atoms with Crippen LogP contribution in [0.15, 0.2) is 54.9 Å². The van der Waals surface area contributed by atoms with E-state index in [0.29, 0.717) is 12.2 Å². The lowest BCUT2D eigenvalue weighted by molar-refractivity contribution is -0.686. The molecule has 0 fully saturated rings. The molecule has 1 aromatic carbocycles. The summed E-state index contributed by atoms with van der Waals surface area (Å²) in [5, 5.41) is 2.84. The van der Waals surface area contributed by atoms with Crippen molar-refractivity contribution >= 4 is 17.6 Å². The quantitative estimate of drug-likeness (QED) is 0.261. The van der Waals surface area contributed by atoms with Crippen LogP contribution in [0, 0.1) is 0 Å². The molecule has 0 bridgehead atoms. The van der Waals surface area contributed by atoms with Crippen molar-refractivity contribution in [2.45, 2.75) is 71.3 Å². The van der Waals surface area contributed by atoms with Gasteiger partial charge in [0.1, 0.15) is 5.56 Å². The maximum atomic E-state index is 12.4. The van der Waals surface area contributed by atoms with Crippen molar-refractivity contribution in [3.8, 4) is 0 Å². The van der Waals surface area contributed by atoms with Gasteiger partial charge in [-0.15, -0.1) is 0 Å². The molecule has 1 heterocycles. The van der Waals surface area contributed by atoms with Gasteiger partial charge in [0, 0.05) is 11.8 Å². The molecule has 30 heavy (non-hydrogen) atoms. The van der Waals surface area contributed by atoms with Crippen LogP contribution < -0.4 is 9.88 Å². The predicted molar refractivity (Wildman–Crippen MR) is 119 cm³/mol. The number of pyridine rings is 1. The molecule has 2 aromatic rings. The van der Waals surface area contributed by atoms with E-state index >= 15 is 0 Å². The molecular weight excluding hydrogens is 376 g/mol. The molecule has 1 N–H and O–H groups in total. The molecule has 5 nitrogen and oxygen atoms in total. The third kappa shape index (κ3) is 9.68. The first-order valence-corrected chi connectivity index (χ1v) is 11.2. The number of carbonyl (C=O) groups is 2. The normalized spacial score (nSPS) is 10.6. The van der Waals surface area contributed by atoms with Gasteiger partial charge in [0.15, 0.2) is 12.4 Å². The van der Waals surface area contributed by atoms with E-state index in [0.717, 1.165) is 18.5 Å². The summed E-state index contributed by atoms with van der Waals surface area (Å²) in [5.41, 5.74) is 1.23. The van der Waals surface area contributed by atoms with Gasteiger partial charge in [-0.3, -0.25) is 4.79 Å². The van der Waals surface area contributed by atoms with E-state index in [1.807, 2.05) is 30.3 Å². The summed E-state index contributed by atoms with van der Waals surface area (Å²) < 4.78 is 7.02. The van der Waals surface area contributed by atoms with E-state index in [1.165, 1.54) is 44.9 Å². The summed E-state index contributed by atoms with van der Waals surface area (Å²) in [5.74, 6) is -0.487. The van der Waals surface area contributed by atoms with E-state index in [4.69, 9.17) is 4.74 Å². The largest absolute Gasteiger partial charge is 0.461 e. The Labute approximate surface area is 180 Å². The summed E-state index contributed by atoms with van der Waals surface area (Å²) in [4.78, 5) is 24.5. The van der Waals surface area contributed by atoms with Crippen molar-refractivity contribution in [2.75, 3.05) is 11.9 Å². The second-order valence-electron chi connectivity index (χ2n) is 7.63. The average molecular weight is 412 g/mol. The topological polar surface area (TPSA) is 59.3 Å². The number of rotatable bonds is 14. The minimum Gasteiger partial charge on any atom is -0.461 e. The van der Waals surface area contributed by atoms with Crippen molar-refractivity contribution in [1.82, 2.24) is 0 Å². The van der Waals surface area contributed by atoms with Gasteiger partial charge in [-0.05, 0) is 24.6 Å². The number of nitrogens with zero attached hydrogens (tertiary/aromatic N) is 1. The van der Waals surface area contributed by atoms with E-state index < -0.39 is 0 Å². The molecule has 0 radical (unpaired) electrons. The van der Waals surface area contributed by atoms with Gasteiger partial charge in [0.25, 0.3) is 5.91 Å². The lowest BCUT2D eigenvalue weighted by Crippen LogP contribution is -2.39. The fourth-order valence-electron chi connectivity index (χ4n) is 3.27. The first-order valence-electron chi connectivity index (χ1n) is 11.2. The van der Waals surface area contributed by atoms with Gasteiger partial charge in [-0.25, -0.2) is 4.79 Å². The number of esters is 1. The van der Waals surface area contributed by atoms with E-state index in [9.17, 15) is 9.59 Å². The van der Waals surface area contributed by atoms with Crippen LogP contribution in [0.4, 0.5) is 5.69 Å². The Morgan fingerprint density at radius 2 is 1.53 bits per heavy atom. The first kappa shape index (κ1) is 23.6. The summed E-state index contributed by atoms with van der Waals surface area (Å²) in [6.45, 7) is 2.80. The lowest BCUT2D eigenvalue weighted by atomic mass is 10.1. The van der Waals surface area contributed by atoms with Crippen LogP contribution in [-0.4, -0.2) is 18.5 Å². The first-order chi connectivity index (χ1) is 14.7. The molecule has 162 valence electrons. The van der Waals surface area contributed by atoms with E-state index in [-0.39, 0.29) is 18.4 Å². The molecule has 0 aliphatic rings. The van der Waals surface area contributed by atoms with Crippen molar-refractivity contribution in [2.24, 2.45) is 0 Å². The van der Waals surface area contributed by atoms with Crippen molar-refractivity contribution < 1.29 is 18.9 Å². The number of anilines is 1. The second-order valence-corrected chi connectivity index (χ2v) is 7.63. The lowest BCUT2D eigenvalue weighted by Gasteiger charge is -2.05. The van der Waals surface area contributed by atoms with Crippen LogP contribution in [0.1, 0.15) is 75.1 Å². The van der Waals surface area contributed by atoms with Crippen LogP contribution in [0.3, 0.4) is 0 Å². The maximum Gasteiger partial charge on any atom is 0.372 e. The van der Waals surface area contributed by atoms with Crippen molar-refractivity contribution in [3.05, 3.63) is 60.4 Å². The minimum atomic E-state index is -0.278. The number of nitrogens with one attached hydrogen (secondary N) is 1. The summed E-state index contributed by atoms with van der Waals surface area (Å²) in [6, 6.07) is 12.8. The molecule has 0 saturated heterocycles. The molecule has 0 unspecified atom stereocenters. The Balaban J connectivity index is 1.63. The molecule has 1 amide bonds. The van der Waals surface area contributed by atoms with E-state index in [1.54, 1.807) is 29.1 Å². The zero-order chi connectivity index (χ0) is 21.4. The maximum absolute atomic E-state index is 12.4. The highest BCUT2D eigenvalue weighted by Gasteiger charge is 2.14. The third-order valence-corrected chi connectivity index (χ3v) is 4.97. The van der Waals surface area contributed by atoms with Crippen molar-refractivity contribution in [3.63, 3.8) is 0 Å². The number of ether oxygens (including phenoxy) is 1. The number of unbranched alkanes of at least 4 members (excludes halogenated alkanes) is 8. The average Bonchev–Trinajstić information content (AvgIpc) is 2.76. The minimum absolute atomic E-state index is 0.101. The zero-order valence-corrected chi connectivity index (χ0v) is 18.1. The number of aromatic nitrogens is 1. The Bertz CT molecular complexity index is 762. The van der Waals surface area contributed by atoms with Gasteiger partial charge in [0.2, 0.25) is 6.54 Å². The highest BCUT2D eigenvalue weighted by molar-refractivity contribution is 6.03. The summed E-state index contributed by atoms with van der Waals surface area (Å²) >= 11 is 0. The van der Waals surface area contributed by atoms with Crippen molar-refractivity contribution in [1.29, 1.82) is 0 Å². The molecule has 0 atom stereocenters. The molecule has 0 saturated carbocycles. The number of carbonyl (C=O) groups excluding carboxylic acids is 2. The summed E-state index contributed by atoms with van der Waals surface area (Å²) in [7, 11) is 0. The monoisotopic (exact) mass is 411 g/mol. The van der Waals surface area contributed by atoms with Gasteiger partial charge in [0.05, 0.1) is 6.61 Å². The molecule has 2 rings (SSSR count). The standard InChI is InChI=1S/C25H34N2O3/c1-2-3-4-5-6-7-8-9-13-19-30-24(28)21-27-18-14-15-22(20-27)25(29)26-23-16-11-10-12-17-23/h10-12,14-18,20H,2-9,13,19,21H2,1H3/p+1. The Kier molecular flexibility index (Phi) is 11.3. The number of hydrogen-bond donors (Lipinski definition) is 1. The highest BCUT2D eigenvalue weighted by Crippen LogP contribution is 2.10. The third-order valence-electron chi connectivity index (χ3n) is 4.97.